The molecule has 0 aromatic heterocycles. The maximum Gasteiger partial charge on any atom is 0.174 e. The Morgan fingerprint density at radius 1 is 1.62 bits per heavy atom. The van der Waals surface area contributed by atoms with E-state index in [0.29, 0.717) is 5.70 Å². The molecule has 1 nitrogen and oxygen atoms in total. The zero-order chi connectivity index (χ0) is 6.78. The second-order valence-electron chi connectivity index (χ2n) is 2.38. The summed E-state index contributed by atoms with van der Waals surface area (Å²) in [7, 11) is 0. The Hall–Kier alpha value is -0.530. The normalized spacial score (nSPS) is 11.0. The Labute approximate surface area is 49.6 Å². The molecule has 48 valence electrons. The second kappa shape index (κ2) is 2.16. The van der Waals surface area contributed by atoms with E-state index in [1.807, 2.05) is 0 Å². The molecule has 0 fully saturated rings. The van der Waals surface area contributed by atoms with E-state index in [2.05, 4.69) is 11.9 Å². The molecule has 0 aliphatic heterocycles. The van der Waals surface area contributed by atoms with Gasteiger partial charge in [-0.1, -0.05) is 6.58 Å². The summed E-state index contributed by atoms with van der Waals surface area (Å²) in [4.78, 5) is 0. The topological polar surface area (TPSA) is 12.0 Å². The minimum Gasteiger partial charge on any atom is -0.358 e. The minimum atomic E-state index is -1.33. The lowest BCUT2D eigenvalue weighted by molar-refractivity contribution is 0.181. The maximum atomic E-state index is 12.5. The van der Waals surface area contributed by atoms with Crippen molar-refractivity contribution in [1.29, 1.82) is 0 Å². The van der Waals surface area contributed by atoms with Gasteiger partial charge in [-0.3, -0.25) is 0 Å². The molecule has 0 heterocycles. The highest BCUT2D eigenvalue weighted by Crippen LogP contribution is 2.03. The summed E-state index contributed by atoms with van der Waals surface area (Å²) in [6.45, 7) is 8.11. The van der Waals surface area contributed by atoms with E-state index in [9.17, 15) is 4.39 Å². The molecule has 0 atom stereocenters. The highest BCUT2D eigenvalue weighted by atomic mass is 19.1. The van der Waals surface area contributed by atoms with Gasteiger partial charge in [-0.2, -0.15) is 0 Å². The smallest absolute Gasteiger partial charge is 0.174 e. The van der Waals surface area contributed by atoms with Crippen LogP contribution in [0.15, 0.2) is 12.3 Å². The van der Waals surface area contributed by atoms with Crippen LogP contribution in [-0.4, -0.2) is 5.79 Å². The Morgan fingerprint density at radius 2 is 2.00 bits per heavy atom. The molecule has 0 bridgehead atoms. The number of rotatable bonds is 2. The molecule has 0 amide bonds. The first kappa shape index (κ1) is 7.47. The third kappa shape index (κ3) is 5.47. The molecule has 0 aliphatic rings. The summed E-state index contributed by atoms with van der Waals surface area (Å²) in [5.74, 6) is -1.33. The van der Waals surface area contributed by atoms with Gasteiger partial charge in [0.25, 0.3) is 0 Å². The van der Waals surface area contributed by atoms with Gasteiger partial charge in [-0.15, -0.1) is 0 Å². The average Bonchev–Trinajstić information content (AvgIpc) is 1.21. The molecule has 0 rings (SSSR count). The van der Waals surface area contributed by atoms with Gasteiger partial charge in [-0.05, 0) is 20.8 Å². The van der Waals surface area contributed by atoms with Gasteiger partial charge in [0.15, 0.2) is 5.79 Å². The van der Waals surface area contributed by atoms with Crippen LogP contribution in [0.2, 0.25) is 0 Å². The van der Waals surface area contributed by atoms with Crippen molar-refractivity contribution in [2.75, 3.05) is 0 Å². The van der Waals surface area contributed by atoms with E-state index in [1.165, 1.54) is 13.8 Å². The number of hydrogen-bond acceptors (Lipinski definition) is 1. The van der Waals surface area contributed by atoms with Crippen molar-refractivity contribution in [3.8, 4) is 0 Å². The lowest BCUT2D eigenvalue weighted by Crippen LogP contribution is -2.32. The summed E-state index contributed by atoms with van der Waals surface area (Å²) in [6, 6.07) is 0. The second-order valence-corrected chi connectivity index (χ2v) is 2.38. The molecule has 0 unspecified atom stereocenters. The molecular weight excluding hydrogens is 105 g/mol. The van der Waals surface area contributed by atoms with Crippen molar-refractivity contribution in [1.82, 2.24) is 5.32 Å². The molecule has 2 heteroatoms. The first-order valence-electron chi connectivity index (χ1n) is 2.54. The van der Waals surface area contributed by atoms with E-state index < -0.39 is 5.79 Å². The minimum absolute atomic E-state index is 0.650. The number of allylic oxidation sites excluding steroid dienone is 1. The van der Waals surface area contributed by atoms with Crippen LogP contribution >= 0.6 is 0 Å². The van der Waals surface area contributed by atoms with Crippen LogP contribution in [0.3, 0.4) is 0 Å². The standard InChI is InChI=1S/C6H12FN/c1-5(2)8-6(3,4)7/h8H,1H2,2-4H3. The van der Waals surface area contributed by atoms with Crippen molar-refractivity contribution in [2.45, 2.75) is 26.6 Å². The fourth-order valence-corrected chi connectivity index (χ4v) is 0.507. The average molecular weight is 117 g/mol. The lowest BCUT2D eigenvalue weighted by Gasteiger charge is -2.16. The highest BCUT2D eigenvalue weighted by molar-refractivity contribution is 4.88. The highest BCUT2D eigenvalue weighted by Gasteiger charge is 2.11. The van der Waals surface area contributed by atoms with Crippen molar-refractivity contribution in [3.63, 3.8) is 0 Å². The summed E-state index contributed by atoms with van der Waals surface area (Å²) in [6.07, 6.45) is 0. The quantitative estimate of drug-likeness (QED) is 0.544. The first-order chi connectivity index (χ1) is 3.42. The first-order valence-corrected chi connectivity index (χ1v) is 2.54. The van der Waals surface area contributed by atoms with Gasteiger partial charge < -0.3 is 5.32 Å². The molecule has 0 saturated carbocycles. The summed E-state index contributed by atoms with van der Waals surface area (Å²) in [5.41, 5.74) is 0.650. The molecule has 0 saturated heterocycles. The van der Waals surface area contributed by atoms with Crippen LogP contribution in [0.4, 0.5) is 4.39 Å². The largest absolute Gasteiger partial charge is 0.358 e. The van der Waals surface area contributed by atoms with Crippen molar-refractivity contribution >= 4 is 0 Å². The predicted octanol–water partition coefficient (Wildman–Crippen LogP) is 1.82. The molecule has 8 heavy (non-hydrogen) atoms. The number of halogens is 1. The van der Waals surface area contributed by atoms with E-state index >= 15 is 0 Å². The third-order valence-corrected chi connectivity index (χ3v) is 0.511. The summed E-state index contributed by atoms with van der Waals surface area (Å²) < 4.78 is 12.5. The van der Waals surface area contributed by atoms with Crippen LogP contribution in [0, 0.1) is 0 Å². The van der Waals surface area contributed by atoms with E-state index in [0.717, 1.165) is 0 Å². The molecule has 1 N–H and O–H groups in total. The summed E-state index contributed by atoms with van der Waals surface area (Å²) in [5, 5.41) is 2.52. The van der Waals surface area contributed by atoms with Crippen LogP contribution < -0.4 is 5.32 Å². The monoisotopic (exact) mass is 117 g/mol. The number of alkyl halides is 1. The number of hydrogen-bond donors (Lipinski definition) is 1. The fraction of sp³-hybridized carbons (Fsp3) is 0.667. The Morgan fingerprint density at radius 3 is 2.00 bits per heavy atom. The van der Waals surface area contributed by atoms with Crippen LogP contribution in [0.5, 0.6) is 0 Å². The van der Waals surface area contributed by atoms with Crippen LogP contribution in [0.1, 0.15) is 20.8 Å². The molecule has 0 aromatic carbocycles. The lowest BCUT2D eigenvalue weighted by atomic mass is 10.3. The Kier molecular flexibility index (Phi) is 2.02. The zero-order valence-electron chi connectivity index (χ0n) is 5.59. The Balaban J connectivity index is 3.55. The third-order valence-electron chi connectivity index (χ3n) is 0.511. The van der Waals surface area contributed by atoms with E-state index in [4.69, 9.17) is 0 Å². The van der Waals surface area contributed by atoms with Crippen molar-refractivity contribution in [2.24, 2.45) is 0 Å². The molecule has 0 aromatic rings. The van der Waals surface area contributed by atoms with Gasteiger partial charge in [0, 0.05) is 5.70 Å². The summed E-state index contributed by atoms with van der Waals surface area (Å²) >= 11 is 0. The molecule has 0 radical (unpaired) electrons. The molecule has 0 spiro atoms. The zero-order valence-corrected chi connectivity index (χ0v) is 5.59. The van der Waals surface area contributed by atoms with Crippen LogP contribution in [0.25, 0.3) is 0 Å². The maximum absolute atomic E-state index is 12.5. The van der Waals surface area contributed by atoms with Gasteiger partial charge in [0.2, 0.25) is 0 Å². The van der Waals surface area contributed by atoms with E-state index in [-0.39, 0.29) is 0 Å². The van der Waals surface area contributed by atoms with Crippen molar-refractivity contribution in [3.05, 3.63) is 12.3 Å². The SMILES string of the molecule is C=C(C)NC(C)(C)F. The molecule has 0 aliphatic carbocycles. The fourth-order valence-electron chi connectivity index (χ4n) is 0.507. The van der Waals surface area contributed by atoms with Gasteiger partial charge in [-0.25, -0.2) is 4.39 Å². The van der Waals surface area contributed by atoms with E-state index in [1.54, 1.807) is 6.92 Å². The predicted molar refractivity (Wildman–Crippen MR) is 33.1 cm³/mol. The van der Waals surface area contributed by atoms with Gasteiger partial charge >= 0.3 is 0 Å². The van der Waals surface area contributed by atoms with Crippen LogP contribution in [-0.2, 0) is 0 Å². The number of nitrogens with one attached hydrogen (secondary N) is 1. The van der Waals surface area contributed by atoms with Gasteiger partial charge in [0.05, 0.1) is 0 Å². The van der Waals surface area contributed by atoms with Crippen molar-refractivity contribution < 1.29 is 4.39 Å². The molecular formula is C6H12FN. The Bertz CT molecular complexity index is 91.2. The van der Waals surface area contributed by atoms with Gasteiger partial charge in [0.1, 0.15) is 0 Å².